The normalized spacial score (nSPS) is 10.1. The standard InChI is InChI=1S/C15H16N2O/c1-2-12-3-5-14(6-4-12)15(18)17-11-13-7-9-16-10-8-13/h3-10H,2,11H2,1H3,(H,17,18). The second-order valence-electron chi connectivity index (χ2n) is 4.09. The number of pyridine rings is 1. The second kappa shape index (κ2) is 5.96. The lowest BCUT2D eigenvalue weighted by molar-refractivity contribution is 0.0951. The zero-order chi connectivity index (χ0) is 12.8. The molecule has 0 spiro atoms. The third-order valence-corrected chi connectivity index (χ3v) is 2.83. The molecule has 1 N–H and O–H groups in total. The van der Waals surface area contributed by atoms with E-state index in [1.54, 1.807) is 12.4 Å². The van der Waals surface area contributed by atoms with Crippen LogP contribution in [-0.2, 0) is 13.0 Å². The SMILES string of the molecule is CCc1ccc(C(=O)NCc2ccncc2)cc1. The molecule has 0 radical (unpaired) electrons. The molecule has 0 bridgehead atoms. The van der Waals surface area contributed by atoms with Crippen LogP contribution in [0, 0.1) is 0 Å². The summed E-state index contributed by atoms with van der Waals surface area (Å²) < 4.78 is 0. The molecule has 3 heteroatoms. The molecule has 0 unspecified atom stereocenters. The van der Waals surface area contributed by atoms with Crippen molar-refractivity contribution in [2.24, 2.45) is 0 Å². The molecule has 0 aliphatic heterocycles. The Hall–Kier alpha value is -2.16. The van der Waals surface area contributed by atoms with Gasteiger partial charge in [0, 0.05) is 24.5 Å². The van der Waals surface area contributed by atoms with Gasteiger partial charge < -0.3 is 5.32 Å². The molecule has 18 heavy (non-hydrogen) atoms. The summed E-state index contributed by atoms with van der Waals surface area (Å²) >= 11 is 0. The second-order valence-corrected chi connectivity index (χ2v) is 4.09. The molecule has 92 valence electrons. The molecule has 1 aromatic heterocycles. The summed E-state index contributed by atoms with van der Waals surface area (Å²) in [6.07, 6.45) is 4.42. The highest BCUT2D eigenvalue weighted by Gasteiger charge is 2.04. The first-order valence-corrected chi connectivity index (χ1v) is 6.05. The number of carbonyl (C=O) groups excluding carboxylic acids is 1. The summed E-state index contributed by atoms with van der Waals surface area (Å²) in [5, 5.41) is 2.89. The van der Waals surface area contributed by atoms with E-state index in [1.807, 2.05) is 36.4 Å². The first-order chi connectivity index (χ1) is 8.79. The number of amides is 1. The Morgan fingerprint density at radius 3 is 2.33 bits per heavy atom. The van der Waals surface area contributed by atoms with Crippen molar-refractivity contribution in [1.82, 2.24) is 10.3 Å². The summed E-state index contributed by atoms with van der Waals surface area (Å²) in [6, 6.07) is 11.5. The van der Waals surface area contributed by atoms with Crippen molar-refractivity contribution in [3.05, 3.63) is 65.5 Å². The van der Waals surface area contributed by atoms with Crippen LogP contribution in [0.2, 0.25) is 0 Å². The molecule has 2 aromatic rings. The molecule has 0 saturated heterocycles. The van der Waals surface area contributed by atoms with Gasteiger partial charge in [-0.25, -0.2) is 0 Å². The van der Waals surface area contributed by atoms with Gasteiger partial charge in [0.05, 0.1) is 0 Å². The number of benzene rings is 1. The number of nitrogens with one attached hydrogen (secondary N) is 1. The average Bonchev–Trinajstić information content (AvgIpc) is 2.46. The smallest absolute Gasteiger partial charge is 0.251 e. The maximum absolute atomic E-state index is 11.9. The molecule has 1 heterocycles. The lowest BCUT2D eigenvalue weighted by atomic mass is 10.1. The van der Waals surface area contributed by atoms with Crippen molar-refractivity contribution in [1.29, 1.82) is 0 Å². The fraction of sp³-hybridized carbons (Fsp3) is 0.200. The Balaban J connectivity index is 1.95. The van der Waals surface area contributed by atoms with Crippen molar-refractivity contribution in [2.75, 3.05) is 0 Å². The van der Waals surface area contributed by atoms with Gasteiger partial charge in [-0.05, 0) is 41.8 Å². The van der Waals surface area contributed by atoms with Crippen LogP contribution in [0.15, 0.2) is 48.8 Å². The minimum atomic E-state index is -0.0468. The van der Waals surface area contributed by atoms with Gasteiger partial charge in [-0.15, -0.1) is 0 Å². The van der Waals surface area contributed by atoms with Crippen LogP contribution in [0.3, 0.4) is 0 Å². The largest absolute Gasteiger partial charge is 0.348 e. The van der Waals surface area contributed by atoms with Gasteiger partial charge in [0.1, 0.15) is 0 Å². The third-order valence-electron chi connectivity index (χ3n) is 2.83. The fourth-order valence-corrected chi connectivity index (χ4v) is 1.68. The molecule has 0 atom stereocenters. The lowest BCUT2D eigenvalue weighted by Crippen LogP contribution is -2.22. The van der Waals surface area contributed by atoms with Crippen LogP contribution in [-0.4, -0.2) is 10.9 Å². The molecular weight excluding hydrogens is 224 g/mol. The summed E-state index contributed by atoms with van der Waals surface area (Å²) in [7, 11) is 0. The predicted octanol–water partition coefficient (Wildman–Crippen LogP) is 2.57. The molecule has 0 aliphatic rings. The Morgan fingerprint density at radius 1 is 1.06 bits per heavy atom. The van der Waals surface area contributed by atoms with Gasteiger partial charge in [-0.2, -0.15) is 0 Å². The maximum atomic E-state index is 11.9. The van der Waals surface area contributed by atoms with Crippen LogP contribution < -0.4 is 5.32 Å². The van der Waals surface area contributed by atoms with E-state index >= 15 is 0 Å². The molecule has 0 aliphatic carbocycles. The minimum Gasteiger partial charge on any atom is -0.348 e. The van der Waals surface area contributed by atoms with Crippen LogP contribution in [0.1, 0.15) is 28.4 Å². The maximum Gasteiger partial charge on any atom is 0.251 e. The lowest BCUT2D eigenvalue weighted by Gasteiger charge is -2.05. The molecule has 0 saturated carbocycles. The van der Waals surface area contributed by atoms with Crippen LogP contribution in [0.4, 0.5) is 0 Å². The Bertz CT molecular complexity index is 506. The molecule has 1 aromatic carbocycles. The molecule has 0 fully saturated rings. The monoisotopic (exact) mass is 240 g/mol. The van der Waals surface area contributed by atoms with Gasteiger partial charge in [0.2, 0.25) is 0 Å². The van der Waals surface area contributed by atoms with Crippen molar-refractivity contribution < 1.29 is 4.79 Å². The van der Waals surface area contributed by atoms with E-state index in [9.17, 15) is 4.79 Å². The zero-order valence-corrected chi connectivity index (χ0v) is 10.4. The highest BCUT2D eigenvalue weighted by molar-refractivity contribution is 5.94. The quantitative estimate of drug-likeness (QED) is 0.892. The van der Waals surface area contributed by atoms with E-state index < -0.39 is 0 Å². The topological polar surface area (TPSA) is 42.0 Å². The van der Waals surface area contributed by atoms with Crippen molar-refractivity contribution in [3.63, 3.8) is 0 Å². The number of carbonyl (C=O) groups is 1. The van der Waals surface area contributed by atoms with E-state index in [-0.39, 0.29) is 5.91 Å². The summed E-state index contributed by atoms with van der Waals surface area (Å²) in [4.78, 5) is 15.8. The summed E-state index contributed by atoms with van der Waals surface area (Å²) in [5.74, 6) is -0.0468. The highest BCUT2D eigenvalue weighted by atomic mass is 16.1. The fourth-order valence-electron chi connectivity index (χ4n) is 1.68. The van der Waals surface area contributed by atoms with Gasteiger partial charge in [-0.1, -0.05) is 19.1 Å². The molecular formula is C15H16N2O. The minimum absolute atomic E-state index is 0.0468. The number of nitrogens with zero attached hydrogens (tertiary/aromatic N) is 1. The van der Waals surface area contributed by atoms with Gasteiger partial charge in [-0.3, -0.25) is 9.78 Å². The molecule has 2 rings (SSSR count). The van der Waals surface area contributed by atoms with Crippen molar-refractivity contribution in [3.8, 4) is 0 Å². The molecule has 3 nitrogen and oxygen atoms in total. The Labute approximate surface area is 107 Å². The first kappa shape index (κ1) is 12.3. The Kier molecular flexibility index (Phi) is 4.07. The number of rotatable bonds is 4. The third kappa shape index (κ3) is 3.17. The van der Waals surface area contributed by atoms with Gasteiger partial charge >= 0.3 is 0 Å². The summed E-state index contributed by atoms with van der Waals surface area (Å²) in [5.41, 5.74) is 2.98. The van der Waals surface area contributed by atoms with E-state index in [0.29, 0.717) is 12.1 Å². The van der Waals surface area contributed by atoms with Crippen molar-refractivity contribution >= 4 is 5.91 Å². The number of hydrogen-bond donors (Lipinski definition) is 1. The van der Waals surface area contributed by atoms with Crippen LogP contribution >= 0.6 is 0 Å². The predicted molar refractivity (Wildman–Crippen MR) is 71.2 cm³/mol. The molecule has 1 amide bonds. The number of aryl methyl sites for hydroxylation is 1. The van der Waals surface area contributed by atoms with E-state index in [0.717, 1.165) is 12.0 Å². The number of aromatic nitrogens is 1. The van der Waals surface area contributed by atoms with Crippen LogP contribution in [0.5, 0.6) is 0 Å². The Morgan fingerprint density at radius 2 is 1.72 bits per heavy atom. The highest BCUT2D eigenvalue weighted by Crippen LogP contribution is 2.05. The first-order valence-electron chi connectivity index (χ1n) is 6.05. The van der Waals surface area contributed by atoms with Gasteiger partial charge in [0.25, 0.3) is 5.91 Å². The number of hydrogen-bond acceptors (Lipinski definition) is 2. The van der Waals surface area contributed by atoms with Crippen molar-refractivity contribution in [2.45, 2.75) is 19.9 Å². The van der Waals surface area contributed by atoms with E-state index in [1.165, 1.54) is 5.56 Å². The summed E-state index contributed by atoms with van der Waals surface area (Å²) in [6.45, 7) is 2.62. The van der Waals surface area contributed by atoms with Gasteiger partial charge in [0.15, 0.2) is 0 Å². The van der Waals surface area contributed by atoms with E-state index in [4.69, 9.17) is 0 Å². The zero-order valence-electron chi connectivity index (χ0n) is 10.4. The van der Waals surface area contributed by atoms with Crippen LogP contribution in [0.25, 0.3) is 0 Å². The average molecular weight is 240 g/mol. The van der Waals surface area contributed by atoms with E-state index in [2.05, 4.69) is 17.2 Å².